The van der Waals surface area contributed by atoms with Gasteiger partial charge in [0, 0.05) is 16.4 Å². The van der Waals surface area contributed by atoms with Crippen LogP contribution in [0.5, 0.6) is 11.5 Å². The molecule has 1 N–H and O–H groups in total. The van der Waals surface area contributed by atoms with Crippen molar-refractivity contribution < 1.29 is 17.9 Å². The minimum atomic E-state index is -3.20. The fraction of sp³-hybridized carbons (Fsp3) is 0.500. The van der Waals surface area contributed by atoms with Crippen molar-refractivity contribution >= 4 is 33.2 Å². The first-order chi connectivity index (χ1) is 16.3. The Morgan fingerprint density at radius 1 is 1.17 bits per heavy atom. The number of sulfonamides is 1. The molecule has 3 fully saturated rings. The van der Waals surface area contributed by atoms with E-state index in [-0.39, 0.29) is 23.7 Å². The molecule has 0 heterocycles. The highest BCUT2D eigenvalue weighted by Gasteiger charge is 2.71. The van der Waals surface area contributed by atoms with Crippen molar-refractivity contribution in [2.75, 3.05) is 18.7 Å². The first-order valence-corrected chi connectivity index (χ1v) is 14.3. The fourth-order valence-electron chi connectivity index (χ4n) is 5.57. The normalized spacial score (nSPS) is 24.0. The average molecular weight is 538 g/mol. The molecular formula is C26H30Cl2N2O4S. The highest BCUT2D eigenvalue weighted by atomic mass is 35.5. The van der Waals surface area contributed by atoms with Gasteiger partial charge in [-0.25, -0.2) is 13.1 Å². The molecule has 0 saturated heterocycles. The lowest BCUT2D eigenvalue weighted by Crippen LogP contribution is -2.77. The molecule has 1 atom stereocenters. The summed E-state index contributed by atoms with van der Waals surface area (Å²) in [4.78, 5) is 0. The molecule has 3 saturated carbocycles. The van der Waals surface area contributed by atoms with Crippen molar-refractivity contribution in [3.63, 3.8) is 0 Å². The smallest absolute Gasteiger partial charge is 0.209 e. The molecule has 2 aromatic rings. The van der Waals surface area contributed by atoms with Crippen LogP contribution in [-0.4, -0.2) is 38.8 Å². The summed E-state index contributed by atoms with van der Waals surface area (Å²) in [5, 5.41) is 10.00. The Labute approximate surface area is 217 Å². The van der Waals surface area contributed by atoms with Crippen molar-refractivity contribution in [2.45, 2.75) is 57.1 Å². The van der Waals surface area contributed by atoms with E-state index in [4.69, 9.17) is 32.7 Å². The van der Waals surface area contributed by atoms with Crippen molar-refractivity contribution in [3.05, 3.63) is 58.1 Å². The third-order valence-electron chi connectivity index (χ3n) is 7.43. The molecule has 5 rings (SSSR count). The molecule has 188 valence electrons. The molecule has 35 heavy (non-hydrogen) atoms. The number of benzene rings is 2. The van der Waals surface area contributed by atoms with Crippen LogP contribution in [0.25, 0.3) is 0 Å². The molecule has 0 aliphatic heterocycles. The van der Waals surface area contributed by atoms with Crippen LogP contribution in [0, 0.1) is 16.7 Å². The van der Waals surface area contributed by atoms with Crippen LogP contribution >= 0.6 is 23.2 Å². The second-order valence-corrected chi connectivity index (χ2v) is 13.0. The number of nitriles is 1. The van der Waals surface area contributed by atoms with Crippen LogP contribution in [0.4, 0.5) is 0 Å². The Morgan fingerprint density at radius 3 is 2.34 bits per heavy atom. The fourth-order valence-corrected chi connectivity index (χ4v) is 6.92. The van der Waals surface area contributed by atoms with E-state index in [2.05, 4.69) is 31.6 Å². The lowest BCUT2D eigenvalue weighted by molar-refractivity contribution is -0.193. The van der Waals surface area contributed by atoms with Crippen LogP contribution in [0.2, 0.25) is 5.02 Å². The van der Waals surface area contributed by atoms with Gasteiger partial charge in [-0.05, 0) is 61.6 Å². The molecule has 0 radical (unpaired) electrons. The third kappa shape index (κ3) is 4.99. The van der Waals surface area contributed by atoms with E-state index in [0.29, 0.717) is 22.2 Å². The molecule has 2 bridgehead atoms. The number of rotatable bonds is 10. The van der Waals surface area contributed by atoms with Gasteiger partial charge < -0.3 is 9.47 Å². The average Bonchev–Trinajstić information content (AvgIpc) is 2.73. The Morgan fingerprint density at radius 2 is 1.80 bits per heavy atom. The summed E-state index contributed by atoms with van der Waals surface area (Å²) in [7, 11) is -3.20. The maximum absolute atomic E-state index is 11.6. The first-order valence-electron chi connectivity index (χ1n) is 11.5. The maximum Gasteiger partial charge on any atom is 0.209 e. The zero-order valence-corrected chi connectivity index (χ0v) is 22.6. The molecule has 3 aliphatic rings. The largest absolute Gasteiger partial charge is 0.490 e. The summed E-state index contributed by atoms with van der Waals surface area (Å²) < 4.78 is 37.8. The van der Waals surface area contributed by atoms with E-state index in [1.54, 1.807) is 0 Å². The summed E-state index contributed by atoms with van der Waals surface area (Å²) >= 11 is 12.2. The molecule has 3 aliphatic carbocycles. The number of nitrogens with one attached hydrogen (secondary N) is 1. The molecule has 6 nitrogen and oxygen atoms in total. The van der Waals surface area contributed by atoms with E-state index in [1.165, 1.54) is 6.26 Å². The van der Waals surface area contributed by atoms with Crippen LogP contribution in [0.3, 0.4) is 0 Å². The number of halogens is 2. The number of nitrogens with zero attached hydrogens (tertiary/aromatic N) is 1. The van der Waals surface area contributed by atoms with Crippen molar-refractivity contribution in [1.82, 2.24) is 4.72 Å². The quantitative estimate of drug-likeness (QED) is 0.411. The molecule has 0 unspecified atom stereocenters. The van der Waals surface area contributed by atoms with E-state index >= 15 is 0 Å². The zero-order valence-electron chi connectivity index (χ0n) is 20.3. The highest BCUT2D eigenvalue weighted by Crippen LogP contribution is 2.69. The summed E-state index contributed by atoms with van der Waals surface area (Å²) in [6.07, 6.45) is 3.63. The number of hydrogen-bond donors (Lipinski definition) is 1. The Bertz CT molecular complexity index is 1250. The standard InChI is InChI=1S/C26H30Cl2N2O4S/c1-17(25-14-26(15-25,16-25)30-35(4,31)32)34-21-7-5-19(6-8-21)24(2,3)20-11-18(13-29)23(22(28)12-20)33-10-9-27/h5-8,11-12,17,30H,9-10,14-16H2,1-4H3/t17-,25?,26?/m1/s1. The summed E-state index contributed by atoms with van der Waals surface area (Å²) in [6, 6.07) is 13.8. The van der Waals surface area contributed by atoms with E-state index in [1.807, 2.05) is 36.4 Å². The molecule has 2 aromatic carbocycles. The van der Waals surface area contributed by atoms with Crippen LogP contribution in [0.1, 0.15) is 56.7 Å². The monoisotopic (exact) mass is 536 g/mol. The summed E-state index contributed by atoms with van der Waals surface area (Å²) in [5.41, 5.74) is 1.68. The van der Waals surface area contributed by atoms with Crippen molar-refractivity contribution in [2.24, 2.45) is 5.41 Å². The van der Waals surface area contributed by atoms with Gasteiger partial charge in [0.2, 0.25) is 10.0 Å². The topological polar surface area (TPSA) is 88.4 Å². The van der Waals surface area contributed by atoms with Crippen LogP contribution in [-0.2, 0) is 15.4 Å². The SMILES string of the molecule is C[C@@H](Oc1ccc(C(C)(C)c2cc(Cl)c(OCCCl)c(C#N)c2)cc1)C12CC(NS(C)(=O)=O)(C1)C2. The lowest BCUT2D eigenvalue weighted by Gasteiger charge is -2.71. The van der Waals surface area contributed by atoms with E-state index in [0.717, 1.165) is 36.1 Å². The predicted molar refractivity (Wildman–Crippen MR) is 138 cm³/mol. The first kappa shape index (κ1) is 26.1. The Balaban J connectivity index is 1.45. The van der Waals surface area contributed by atoms with Gasteiger partial charge in [0.05, 0.1) is 22.7 Å². The molecule has 0 amide bonds. The second-order valence-electron chi connectivity index (χ2n) is 10.4. The molecule has 0 aromatic heterocycles. The van der Waals surface area contributed by atoms with Crippen molar-refractivity contribution in [1.29, 1.82) is 5.26 Å². The number of ether oxygens (including phenoxy) is 2. The van der Waals surface area contributed by atoms with Gasteiger partial charge >= 0.3 is 0 Å². The lowest BCUT2D eigenvalue weighted by atomic mass is 9.38. The van der Waals surface area contributed by atoms with Gasteiger partial charge in [-0.3, -0.25) is 0 Å². The summed E-state index contributed by atoms with van der Waals surface area (Å²) in [5.74, 6) is 1.43. The molecule has 9 heteroatoms. The van der Waals surface area contributed by atoms with Crippen molar-refractivity contribution in [3.8, 4) is 17.6 Å². The Kier molecular flexibility index (Phi) is 6.82. The van der Waals surface area contributed by atoms with Gasteiger partial charge in [-0.2, -0.15) is 5.26 Å². The van der Waals surface area contributed by atoms with Gasteiger partial charge in [0.1, 0.15) is 24.5 Å². The summed E-state index contributed by atoms with van der Waals surface area (Å²) in [6.45, 7) is 6.48. The zero-order chi connectivity index (χ0) is 25.6. The van der Waals surface area contributed by atoms with Gasteiger partial charge in [0.15, 0.2) is 5.75 Å². The molecular weight excluding hydrogens is 507 g/mol. The second kappa shape index (κ2) is 9.15. The van der Waals surface area contributed by atoms with E-state index < -0.39 is 15.4 Å². The van der Waals surface area contributed by atoms with Gasteiger partial charge in [-0.15, -0.1) is 11.6 Å². The Hall–Kier alpha value is -1.98. The predicted octanol–water partition coefficient (Wildman–Crippen LogP) is 5.39. The van der Waals surface area contributed by atoms with Gasteiger partial charge in [-0.1, -0.05) is 37.6 Å². The third-order valence-corrected chi connectivity index (χ3v) is 8.67. The van der Waals surface area contributed by atoms with Gasteiger partial charge in [0.25, 0.3) is 0 Å². The van der Waals surface area contributed by atoms with E-state index in [9.17, 15) is 13.7 Å². The molecule has 0 spiro atoms. The maximum atomic E-state index is 11.6. The van der Waals surface area contributed by atoms with Crippen LogP contribution in [0.15, 0.2) is 36.4 Å². The van der Waals surface area contributed by atoms with Crippen LogP contribution < -0.4 is 14.2 Å². The minimum absolute atomic E-state index is 0.0119. The highest BCUT2D eigenvalue weighted by molar-refractivity contribution is 7.88. The number of hydrogen-bond acceptors (Lipinski definition) is 5. The minimum Gasteiger partial charge on any atom is -0.490 e. The number of alkyl halides is 1.